The van der Waals surface area contributed by atoms with Crippen LogP contribution in [0.15, 0.2) is 23.6 Å². The lowest BCUT2D eigenvalue weighted by atomic mass is 10.1. The van der Waals surface area contributed by atoms with Crippen LogP contribution in [-0.4, -0.2) is 34.2 Å². The molecule has 0 amide bonds. The van der Waals surface area contributed by atoms with Gasteiger partial charge < -0.3 is 14.7 Å². The monoisotopic (exact) mass is 278 g/mol. The Hall–Kier alpha value is -1.96. The van der Waals surface area contributed by atoms with Gasteiger partial charge in [-0.1, -0.05) is 6.92 Å². The number of hydrogen-bond donors (Lipinski definition) is 1. The lowest BCUT2D eigenvalue weighted by molar-refractivity contribution is -0.147. The third kappa shape index (κ3) is 3.77. The zero-order valence-electron chi connectivity index (χ0n) is 12.5. The quantitative estimate of drug-likeness (QED) is 0.808. The molecule has 1 aliphatic rings. The summed E-state index contributed by atoms with van der Waals surface area (Å²) < 4.78 is 5.43. The minimum atomic E-state index is -1.12. The fraction of sp³-hybridized carbons (Fsp3) is 0.600. The number of aliphatic carboxylic acids is 1. The molecular weight excluding hydrogens is 256 g/mol. The zero-order chi connectivity index (χ0) is 15.3. The van der Waals surface area contributed by atoms with Gasteiger partial charge in [0.2, 0.25) is 6.10 Å². The summed E-state index contributed by atoms with van der Waals surface area (Å²) in [4.78, 5) is 13.3. The molecule has 5 heteroatoms. The normalized spacial score (nSPS) is 21.4. The van der Waals surface area contributed by atoms with Crippen molar-refractivity contribution in [2.75, 3.05) is 0 Å². The maximum Gasteiger partial charge on any atom is 0.345 e. The van der Waals surface area contributed by atoms with E-state index in [4.69, 9.17) is 15.1 Å². The molecule has 0 aromatic carbocycles. The molecule has 0 fully saturated rings. The molecule has 110 valence electrons. The highest BCUT2D eigenvalue weighted by Gasteiger charge is 2.25. The Bertz CT molecular complexity index is 462. The number of allylic oxidation sites excluding steroid dienone is 2. The van der Waals surface area contributed by atoms with E-state index in [0.717, 1.165) is 12.1 Å². The molecule has 0 aliphatic carbocycles. The van der Waals surface area contributed by atoms with Crippen LogP contribution in [0.3, 0.4) is 0 Å². The number of carboxylic acid groups (broad SMARTS) is 1. The maximum absolute atomic E-state index is 11.0. The summed E-state index contributed by atoms with van der Waals surface area (Å²) in [6.45, 7) is 8.32. The average Bonchev–Trinajstić information content (AvgIpc) is 2.37. The molecule has 0 radical (unpaired) electrons. The standard InChI is InChI=1S/C15H22N2O3/c1-5-10(2)17-11(3)8-13(9-12(17)4)20-14(6-7-16)15(18)19/h8-11,14H,5-6H2,1-4H3,(H,18,19). The summed E-state index contributed by atoms with van der Waals surface area (Å²) in [5, 5.41) is 17.6. The second-order valence-corrected chi connectivity index (χ2v) is 5.07. The molecule has 3 atom stereocenters. The van der Waals surface area contributed by atoms with E-state index < -0.39 is 12.1 Å². The van der Waals surface area contributed by atoms with E-state index in [9.17, 15) is 4.79 Å². The topological polar surface area (TPSA) is 73.6 Å². The number of rotatable bonds is 6. The van der Waals surface area contributed by atoms with Crippen molar-refractivity contribution in [1.29, 1.82) is 5.26 Å². The fourth-order valence-corrected chi connectivity index (χ4v) is 2.41. The van der Waals surface area contributed by atoms with E-state index in [1.54, 1.807) is 0 Å². The van der Waals surface area contributed by atoms with Gasteiger partial charge in [-0.25, -0.2) is 4.79 Å². The number of hydrogen-bond acceptors (Lipinski definition) is 4. The van der Waals surface area contributed by atoms with Crippen molar-refractivity contribution < 1.29 is 14.6 Å². The van der Waals surface area contributed by atoms with E-state index in [1.165, 1.54) is 0 Å². The van der Waals surface area contributed by atoms with E-state index in [2.05, 4.69) is 18.7 Å². The Kier molecular flexibility index (Phi) is 5.63. The first-order valence-electron chi connectivity index (χ1n) is 6.85. The van der Waals surface area contributed by atoms with Gasteiger partial charge in [0.05, 0.1) is 12.5 Å². The van der Waals surface area contributed by atoms with Crippen LogP contribution in [-0.2, 0) is 9.53 Å². The van der Waals surface area contributed by atoms with Gasteiger partial charge >= 0.3 is 5.97 Å². The minimum Gasteiger partial charge on any atom is -0.478 e. The molecular formula is C15H22N2O3. The van der Waals surface area contributed by atoms with Crippen molar-refractivity contribution in [3.8, 4) is 6.07 Å². The third-order valence-corrected chi connectivity index (χ3v) is 3.50. The van der Waals surface area contributed by atoms with Crippen molar-refractivity contribution in [3.05, 3.63) is 23.6 Å². The first kappa shape index (κ1) is 16.1. The van der Waals surface area contributed by atoms with Gasteiger partial charge in [0.15, 0.2) is 0 Å². The van der Waals surface area contributed by atoms with Crippen LogP contribution in [0.2, 0.25) is 0 Å². The van der Waals surface area contributed by atoms with Crippen molar-refractivity contribution in [2.24, 2.45) is 0 Å². The van der Waals surface area contributed by atoms with Gasteiger partial charge in [0.1, 0.15) is 5.76 Å². The third-order valence-electron chi connectivity index (χ3n) is 3.50. The van der Waals surface area contributed by atoms with Crippen LogP contribution in [0, 0.1) is 11.3 Å². The van der Waals surface area contributed by atoms with Gasteiger partial charge in [-0.3, -0.25) is 0 Å². The van der Waals surface area contributed by atoms with Crippen LogP contribution in [0.5, 0.6) is 0 Å². The fourth-order valence-electron chi connectivity index (χ4n) is 2.41. The van der Waals surface area contributed by atoms with Gasteiger partial charge in [-0.2, -0.15) is 5.26 Å². The predicted molar refractivity (Wildman–Crippen MR) is 75.6 cm³/mol. The van der Waals surface area contributed by atoms with E-state index in [1.807, 2.05) is 32.1 Å². The van der Waals surface area contributed by atoms with Gasteiger partial charge in [0, 0.05) is 17.8 Å². The Morgan fingerprint density at radius 2 is 2.30 bits per heavy atom. The van der Waals surface area contributed by atoms with E-state index in [-0.39, 0.29) is 12.5 Å². The van der Waals surface area contributed by atoms with Crippen LogP contribution >= 0.6 is 0 Å². The van der Waals surface area contributed by atoms with E-state index >= 15 is 0 Å². The summed E-state index contributed by atoms with van der Waals surface area (Å²) in [7, 11) is 0. The molecule has 0 saturated carbocycles. The molecule has 0 saturated heterocycles. The van der Waals surface area contributed by atoms with Crippen molar-refractivity contribution in [1.82, 2.24) is 4.90 Å². The second kappa shape index (κ2) is 6.99. The maximum atomic E-state index is 11.0. The molecule has 1 heterocycles. The number of nitrogens with zero attached hydrogens (tertiary/aromatic N) is 2. The summed E-state index contributed by atoms with van der Waals surface area (Å²) in [6, 6.07) is 2.38. The van der Waals surface area contributed by atoms with Crippen LogP contribution < -0.4 is 0 Å². The highest BCUT2D eigenvalue weighted by atomic mass is 16.5. The Labute approximate surface area is 120 Å². The lowest BCUT2D eigenvalue weighted by Crippen LogP contribution is -2.39. The summed E-state index contributed by atoms with van der Waals surface area (Å²) in [6.07, 6.45) is 3.48. The minimum absolute atomic E-state index is 0.140. The van der Waals surface area contributed by atoms with Crippen molar-refractivity contribution in [3.63, 3.8) is 0 Å². The average molecular weight is 278 g/mol. The first-order valence-corrected chi connectivity index (χ1v) is 6.85. The summed E-state index contributed by atoms with van der Waals surface area (Å²) in [5.41, 5.74) is 1.05. The molecule has 5 nitrogen and oxygen atoms in total. The number of nitriles is 1. The van der Waals surface area contributed by atoms with E-state index in [0.29, 0.717) is 11.8 Å². The molecule has 0 aromatic rings. The zero-order valence-corrected chi connectivity index (χ0v) is 12.5. The van der Waals surface area contributed by atoms with Crippen molar-refractivity contribution in [2.45, 2.75) is 58.7 Å². The molecule has 0 bridgehead atoms. The van der Waals surface area contributed by atoms with Gasteiger partial charge in [-0.15, -0.1) is 0 Å². The SMILES string of the molecule is CCC(C)N1C(C)=CC(OC(CC#N)C(=O)O)=CC1C. The second-order valence-electron chi connectivity index (χ2n) is 5.07. The Balaban J connectivity index is 2.85. The summed E-state index contributed by atoms with van der Waals surface area (Å²) in [5.74, 6) is -0.590. The smallest absolute Gasteiger partial charge is 0.345 e. The molecule has 1 N–H and O–H groups in total. The van der Waals surface area contributed by atoms with Crippen LogP contribution in [0.1, 0.15) is 40.5 Å². The molecule has 0 spiro atoms. The number of carbonyl (C=O) groups is 1. The molecule has 0 aromatic heterocycles. The van der Waals surface area contributed by atoms with Crippen LogP contribution in [0.25, 0.3) is 0 Å². The number of carboxylic acids is 1. The van der Waals surface area contributed by atoms with Crippen LogP contribution in [0.4, 0.5) is 0 Å². The summed E-state index contributed by atoms with van der Waals surface area (Å²) >= 11 is 0. The predicted octanol–water partition coefficient (Wildman–Crippen LogP) is 2.66. The first-order chi connectivity index (χ1) is 9.40. The van der Waals surface area contributed by atoms with Gasteiger partial charge in [-0.05, 0) is 39.3 Å². The van der Waals surface area contributed by atoms with Crippen molar-refractivity contribution >= 4 is 5.97 Å². The van der Waals surface area contributed by atoms with Gasteiger partial charge in [0.25, 0.3) is 0 Å². The molecule has 20 heavy (non-hydrogen) atoms. The molecule has 1 aliphatic heterocycles. The highest BCUT2D eigenvalue weighted by Crippen LogP contribution is 2.25. The number of ether oxygens (including phenoxy) is 1. The molecule has 1 rings (SSSR count). The molecule has 3 unspecified atom stereocenters. The lowest BCUT2D eigenvalue weighted by Gasteiger charge is -2.38. The Morgan fingerprint density at radius 1 is 1.65 bits per heavy atom. The largest absolute Gasteiger partial charge is 0.478 e. The highest BCUT2D eigenvalue weighted by molar-refractivity contribution is 5.72. The Morgan fingerprint density at radius 3 is 2.75 bits per heavy atom.